The highest BCUT2D eigenvalue weighted by molar-refractivity contribution is 8.19. The molecular formula is C17H11Cl2NO2S. The van der Waals surface area contributed by atoms with Gasteiger partial charge in [-0.05, 0) is 48.5 Å². The molecule has 1 saturated heterocycles. The van der Waals surface area contributed by atoms with Crippen molar-refractivity contribution in [3.8, 4) is 0 Å². The van der Waals surface area contributed by atoms with E-state index in [4.69, 9.17) is 23.2 Å². The lowest BCUT2D eigenvalue weighted by Crippen LogP contribution is -2.28. The van der Waals surface area contributed by atoms with Gasteiger partial charge in [0.2, 0.25) is 0 Å². The number of para-hydroxylation sites is 1. The third kappa shape index (κ3) is 3.02. The highest BCUT2D eigenvalue weighted by Crippen LogP contribution is 2.38. The number of aryl methyl sites for hydroxylation is 1. The maximum absolute atomic E-state index is 12.6. The number of carbonyl (C=O) groups excluding carboxylic acids is 2. The van der Waals surface area contributed by atoms with Crippen molar-refractivity contribution >= 4 is 57.9 Å². The van der Waals surface area contributed by atoms with Crippen LogP contribution in [-0.4, -0.2) is 11.1 Å². The molecule has 3 rings (SSSR count). The number of hydrogen-bond donors (Lipinski definition) is 0. The fraction of sp³-hybridized carbons (Fsp3) is 0.0588. The first-order valence-corrected chi connectivity index (χ1v) is 8.34. The summed E-state index contributed by atoms with van der Waals surface area (Å²) in [6.45, 7) is 1.85. The van der Waals surface area contributed by atoms with E-state index in [1.54, 1.807) is 36.4 Å². The van der Waals surface area contributed by atoms with Gasteiger partial charge in [-0.2, -0.15) is 0 Å². The minimum atomic E-state index is -0.370. The number of anilines is 1. The number of rotatable bonds is 2. The summed E-state index contributed by atoms with van der Waals surface area (Å²) in [7, 11) is 0. The van der Waals surface area contributed by atoms with Gasteiger partial charge in [0.15, 0.2) is 0 Å². The predicted octanol–water partition coefficient (Wildman–Crippen LogP) is 5.54. The van der Waals surface area contributed by atoms with Crippen LogP contribution >= 0.6 is 35.0 Å². The van der Waals surface area contributed by atoms with E-state index in [-0.39, 0.29) is 11.1 Å². The molecule has 0 N–H and O–H groups in total. The number of hydrogen-bond acceptors (Lipinski definition) is 3. The van der Waals surface area contributed by atoms with Crippen LogP contribution in [0.25, 0.3) is 6.08 Å². The van der Waals surface area contributed by atoms with Crippen LogP contribution in [0.15, 0.2) is 47.4 Å². The molecule has 6 heteroatoms. The van der Waals surface area contributed by atoms with E-state index in [0.29, 0.717) is 26.2 Å². The molecule has 2 amide bonds. The van der Waals surface area contributed by atoms with Crippen LogP contribution in [0.3, 0.4) is 0 Å². The number of imide groups is 1. The van der Waals surface area contributed by atoms with Crippen molar-refractivity contribution in [2.24, 2.45) is 0 Å². The first kappa shape index (κ1) is 16.1. The molecular weight excluding hydrogens is 353 g/mol. The zero-order valence-electron chi connectivity index (χ0n) is 12.0. The van der Waals surface area contributed by atoms with E-state index in [2.05, 4.69) is 0 Å². The molecule has 23 heavy (non-hydrogen) atoms. The Kier molecular flexibility index (Phi) is 4.48. The molecule has 0 atom stereocenters. The fourth-order valence-corrected chi connectivity index (χ4v) is 3.59. The van der Waals surface area contributed by atoms with Gasteiger partial charge in [0, 0.05) is 15.6 Å². The van der Waals surface area contributed by atoms with Gasteiger partial charge in [0.05, 0.1) is 10.6 Å². The summed E-state index contributed by atoms with van der Waals surface area (Å²) in [5.74, 6) is -0.370. The minimum absolute atomic E-state index is 0.299. The van der Waals surface area contributed by atoms with Crippen LogP contribution in [0, 0.1) is 6.92 Å². The summed E-state index contributed by atoms with van der Waals surface area (Å²) in [4.78, 5) is 26.4. The van der Waals surface area contributed by atoms with E-state index in [1.807, 2.05) is 19.1 Å². The SMILES string of the molecule is Cc1ccccc1N1C(=O)S/C(=C\c2c(Cl)cccc2Cl)C1=O. The third-order valence-corrected chi connectivity index (χ3v) is 4.95. The molecule has 0 aliphatic carbocycles. The van der Waals surface area contributed by atoms with Gasteiger partial charge in [0.25, 0.3) is 11.1 Å². The molecule has 2 aromatic rings. The molecule has 0 bridgehead atoms. The van der Waals surface area contributed by atoms with Gasteiger partial charge in [-0.1, -0.05) is 47.5 Å². The van der Waals surface area contributed by atoms with Crippen molar-refractivity contribution in [3.05, 3.63) is 68.5 Å². The summed E-state index contributed by atoms with van der Waals surface area (Å²) in [6, 6.07) is 12.3. The summed E-state index contributed by atoms with van der Waals surface area (Å²) >= 11 is 13.1. The lowest BCUT2D eigenvalue weighted by atomic mass is 10.1. The van der Waals surface area contributed by atoms with Gasteiger partial charge < -0.3 is 0 Å². The van der Waals surface area contributed by atoms with Crippen molar-refractivity contribution < 1.29 is 9.59 Å². The number of thioether (sulfide) groups is 1. The Bertz CT molecular complexity index is 828. The summed E-state index contributed by atoms with van der Waals surface area (Å²) in [5, 5.41) is 0.527. The van der Waals surface area contributed by atoms with E-state index in [1.165, 1.54) is 4.90 Å². The van der Waals surface area contributed by atoms with Crippen LogP contribution in [0.2, 0.25) is 10.0 Å². The molecule has 0 spiro atoms. The molecule has 0 saturated carbocycles. The second kappa shape index (κ2) is 6.40. The molecule has 116 valence electrons. The van der Waals surface area contributed by atoms with Crippen LogP contribution in [0.5, 0.6) is 0 Å². The molecule has 1 aliphatic heterocycles. The Balaban J connectivity index is 2.02. The topological polar surface area (TPSA) is 37.4 Å². The fourth-order valence-electron chi connectivity index (χ4n) is 2.27. The van der Waals surface area contributed by atoms with Crippen LogP contribution < -0.4 is 4.90 Å². The molecule has 1 aliphatic rings. The summed E-state index contributed by atoms with van der Waals surface area (Å²) < 4.78 is 0. The average Bonchev–Trinajstić information content (AvgIpc) is 2.78. The molecule has 2 aromatic carbocycles. The molecule has 1 heterocycles. The van der Waals surface area contributed by atoms with Gasteiger partial charge in [-0.25, -0.2) is 4.90 Å². The van der Waals surface area contributed by atoms with Crippen molar-refractivity contribution in [2.45, 2.75) is 6.92 Å². The number of amides is 2. The van der Waals surface area contributed by atoms with E-state index in [9.17, 15) is 9.59 Å². The average molecular weight is 364 g/mol. The molecule has 1 fully saturated rings. The van der Waals surface area contributed by atoms with Crippen molar-refractivity contribution in [2.75, 3.05) is 4.90 Å². The Morgan fingerprint density at radius 1 is 1.00 bits per heavy atom. The second-order valence-corrected chi connectivity index (χ2v) is 6.75. The Morgan fingerprint density at radius 2 is 1.65 bits per heavy atom. The number of halogens is 2. The third-order valence-electron chi connectivity index (χ3n) is 3.43. The quantitative estimate of drug-likeness (QED) is 0.657. The molecule has 0 unspecified atom stereocenters. The Labute approximate surface area is 147 Å². The van der Waals surface area contributed by atoms with E-state index >= 15 is 0 Å². The van der Waals surface area contributed by atoms with Gasteiger partial charge >= 0.3 is 0 Å². The van der Waals surface area contributed by atoms with Gasteiger partial charge in [-0.3, -0.25) is 9.59 Å². The van der Waals surface area contributed by atoms with E-state index in [0.717, 1.165) is 17.3 Å². The monoisotopic (exact) mass is 363 g/mol. The maximum atomic E-state index is 12.6. The Hall–Kier alpha value is -1.75. The summed E-state index contributed by atoms with van der Waals surface area (Å²) in [5.41, 5.74) is 1.97. The van der Waals surface area contributed by atoms with Crippen LogP contribution in [-0.2, 0) is 4.79 Å². The lowest BCUT2D eigenvalue weighted by Gasteiger charge is -2.14. The van der Waals surface area contributed by atoms with Crippen LogP contribution in [0.1, 0.15) is 11.1 Å². The van der Waals surface area contributed by atoms with E-state index < -0.39 is 0 Å². The van der Waals surface area contributed by atoms with Crippen molar-refractivity contribution in [1.29, 1.82) is 0 Å². The Morgan fingerprint density at radius 3 is 2.30 bits per heavy atom. The minimum Gasteiger partial charge on any atom is -0.268 e. The van der Waals surface area contributed by atoms with Crippen molar-refractivity contribution in [3.63, 3.8) is 0 Å². The normalized spacial score (nSPS) is 16.5. The standard InChI is InChI=1S/C17H11Cl2NO2S/c1-10-5-2-3-8-14(10)20-16(21)15(23-17(20)22)9-11-12(18)6-4-7-13(11)19/h2-9H,1H3/b15-9-. The zero-order chi connectivity index (χ0) is 16.6. The zero-order valence-corrected chi connectivity index (χ0v) is 14.4. The number of nitrogens with zero attached hydrogens (tertiary/aromatic N) is 1. The maximum Gasteiger partial charge on any atom is 0.298 e. The smallest absolute Gasteiger partial charge is 0.268 e. The van der Waals surface area contributed by atoms with Gasteiger partial charge in [0.1, 0.15) is 0 Å². The first-order valence-electron chi connectivity index (χ1n) is 6.76. The molecule has 0 aromatic heterocycles. The highest BCUT2D eigenvalue weighted by atomic mass is 35.5. The van der Waals surface area contributed by atoms with Gasteiger partial charge in [-0.15, -0.1) is 0 Å². The lowest BCUT2D eigenvalue weighted by molar-refractivity contribution is -0.113. The second-order valence-electron chi connectivity index (χ2n) is 4.94. The predicted molar refractivity (Wildman–Crippen MR) is 96.1 cm³/mol. The molecule has 3 nitrogen and oxygen atoms in total. The summed E-state index contributed by atoms with van der Waals surface area (Å²) in [6.07, 6.45) is 1.56. The first-order chi connectivity index (χ1) is 11.0. The number of benzene rings is 2. The molecule has 0 radical (unpaired) electrons. The van der Waals surface area contributed by atoms with Crippen LogP contribution in [0.4, 0.5) is 10.5 Å². The highest BCUT2D eigenvalue weighted by Gasteiger charge is 2.37. The van der Waals surface area contributed by atoms with Crippen molar-refractivity contribution in [1.82, 2.24) is 0 Å². The largest absolute Gasteiger partial charge is 0.298 e. The number of carbonyl (C=O) groups is 2.